The summed E-state index contributed by atoms with van der Waals surface area (Å²) >= 11 is 0. The van der Waals surface area contributed by atoms with Crippen molar-refractivity contribution >= 4 is 11.0 Å². The maximum atomic E-state index is 11.2. The number of phenolic OH excluding ortho intramolecular Hbond substituents is 1. The van der Waals surface area contributed by atoms with E-state index in [1.807, 2.05) is 26.0 Å². The summed E-state index contributed by atoms with van der Waals surface area (Å²) in [6.07, 6.45) is 4.65. The number of H-pyrrole nitrogens is 2. The fourth-order valence-corrected chi connectivity index (χ4v) is 3.28. The van der Waals surface area contributed by atoms with Gasteiger partial charge in [-0.25, -0.2) is 14.8 Å². The van der Waals surface area contributed by atoms with Crippen LogP contribution in [-0.2, 0) is 0 Å². The molecule has 1 aromatic carbocycles. The second kappa shape index (κ2) is 6.11. The Morgan fingerprint density at radius 3 is 2.70 bits per heavy atom. The Balaban J connectivity index is 1.98. The maximum Gasteiger partial charge on any atom is 0.344 e. The lowest BCUT2D eigenvalue weighted by molar-refractivity contribution is 0.471. The number of pyridine rings is 1. The first-order chi connectivity index (χ1) is 13.0. The van der Waals surface area contributed by atoms with Gasteiger partial charge in [0.05, 0.1) is 11.3 Å². The summed E-state index contributed by atoms with van der Waals surface area (Å²) in [6, 6.07) is 7.54. The van der Waals surface area contributed by atoms with Crippen LogP contribution in [0.25, 0.3) is 33.4 Å². The number of aromatic nitrogens is 4. The van der Waals surface area contributed by atoms with Crippen molar-refractivity contribution in [3.63, 3.8) is 0 Å². The first kappa shape index (κ1) is 16.5. The Bertz CT molecular complexity index is 1270. The Hall–Kier alpha value is -3.92. The zero-order chi connectivity index (χ0) is 19.1. The number of hydrogen-bond donors (Lipinski definition) is 3. The number of rotatable bonds is 2. The summed E-state index contributed by atoms with van der Waals surface area (Å²) in [4.78, 5) is 25.0. The molecule has 132 valence electrons. The van der Waals surface area contributed by atoms with Gasteiger partial charge in [-0.05, 0) is 42.7 Å². The van der Waals surface area contributed by atoms with Crippen LogP contribution in [0.15, 0.2) is 41.6 Å². The molecule has 3 aromatic heterocycles. The Morgan fingerprint density at radius 2 is 2.00 bits per heavy atom. The molecule has 7 nitrogen and oxygen atoms in total. The largest absolute Gasteiger partial charge is 0.508 e. The summed E-state index contributed by atoms with van der Waals surface area (Å²) in [5.41, 5.74) is 5.10. The standard InChI is InChI=1S/C20H15N5O2/c1-10-3-4-17(26)11(2)18(10)15-9-22-19-13(14(15)6-21)5-16(25-19)12-7-23-20(27)24-8-12/h3-5,7-9,26H,1-2H3,(H,22,25)(H,23,24,27). The molecule has 0 fully saturated rings. The molecule has 7 heteroatoms. The van der Waals surface area contributed by atoms with Crippen molar-refractivity contribution < 1.29 is 5.11 Å². The van der Waals surface area contributed by atoms with Gasteiger partial charge in [0.25, 0.3) is 0 Å². The topological polar surface area (TPSA) is 118 Å². The molecule has 0 saturated carbocycles. The van der Waals surface area contributed by atoms with Crippen LogP contribution in [0.4, 0.5) is 0 Å². The van der Waals surface area contributed by atoms with E-state index in [1.165, 1.54) is 6.20 Å². The summed E-state index contributed by atoms with van der Waals surface area (Å²) < 4.78 is 0. The molecule has 0 saturated heterocycles. The lowest BCUT2D eigenvalue weighted by Crippen LogP contribution is -2.07. The van der Waals surface area contributed by atoms with Crippen molar-refractivity contribution in [2.75, 3.05) is 0 Å². The third kappa shape index (κ3) is 2.64. The molecule has 0 aliphatic heterocycles. The van der Waals surface area contributed by atoms with E-state index in [0.29, 0.717) is 39.0 Å². The van der Waals surface area contributed by atoms with Gasteiger partial charge in [-0.3, -0.25) is 0 Å². The minimum atomic E-state index is -0.428. The van der Waals surface area contributed by atoms with Crippen molar-refractivity contribution in [3.05, 3.63) is 64.0 Å². The van der Waals surface area contributed by atoms with Crippen molar-refractivity contribution in [1.82, 2.24) is 19.9 Å². The molecule has 0 bridgehead atoms. The van der Waals surface area contributed by atoms with E-state index in [2.05, 4.69) is 26.0 Å². The monoisotopic (exact) mass is 357 g/mol. The van der Waals surface area contributed by atoms with Gasteiger partial charge in [0, 0.05) is 35.1 Å². The van der Waals surface area contributed by atoms with E-state index in [9.17, 15) is 15.2 Å². The lowest BCUT2D eigenvalue weighted by atomic mass is 9.92. The number of aryl methyl sites for hydroxylation is 1. The molecule has 3 heterocycles. The minimum Gasteiger partial charge on any atom is -0.508 e. The zero-order valence-corrected chi connectivity index (χ0v) is 14.7. The summed E-state index contributed by atoms with van der Waals surface area (Å²) in [5.74, 6) is 0.175. The number of phenols is 1. The predicted octanol–water partition coefficient (Wildman–Crippen LogP) is 3.17. The van der Waals surface area contributed by atoms with Gasteiger partial charge in [0.2, 0.25) is 0 Å². The second-order valence-electron chi connectivity index (χ2n) is 6.31. The van der Waals surface area contributed by atoms with Gasteiger partial charge in [-0.2, -0.15) is 5.26 Å². The molecule has 0 aliphatic rings. The third-order valence-electron chi connectivity index (χ3n) is 4.67. The van der Waals surface area contributed by atoms with E-state index in [-0.39, 0.29) is 5.75 Å². The first-order valence-electron chi connectivity index (χ1n) is 8.26. The smallest absolute Gasteiger partial charge is 0.344 e. The number of fused-ring (bicyclic) bond motifs is 1. The van der Waals surface area contributed by atoms with Gasteiger partial charge < -0.3 is 15.1 Å². The van der Waals surface area contributed by atoms with E-state index >= 15 is 0 Å². The Kier molecular flexibility index (Phi) is 3.74. The van der Waals surface area contributed by atoms with E-state index in [0.717, 1.165) is 11.1 Å². The first-order valence-corrected chi connectivity index (χ1v) is 8.26. The number of aromatic hydroxyl groups is 1. The van der Waals surface area contributed by atoms with E-state index in [4.69, 9.17) is 0 Å². The fourth-order valence-electron chi connectivity index (χ4n) is 3.28. The molecule has 4 rings (SSSR count). The van der Waals surface area contributed by atoms with Crippen molar-refractivity contribution in [2.45, 2.75) is 13.8 Å². The third-order valence-corrected chi connectivity index (χ3v) is 4.67. The molecular weight excluding hydrogens is 342 g/mol. The van der Waals surface area contributed by atoms with Gasteiger partial charge in [-0.1, -0.05) is 6.07 Å². The average Bonchev–Trinajstić information content (AvgIpc) is 3.09. The Labute approximate surface area is 154 Å². The highest BCUT2D eigenvalue weighted by molar-refractivity contribution is 5.94. The van der Waals surface area contributed by atoms with Crippen LogP contribution in [0.5, 0.6) is 5.75 Å². The van der Waals surface area contributed by atoms with Crippen LogP contribution in [0, 0.1) is 25.2 Å². The number of aromatic amines is 2. The molecule has 0 atom stereocenters. The number of nitriles is 1. The van der Waals surface area contributed by atoms with Crippen LogP contribution < -0.4 is 5.69 Å². The van der Waals surface area contributed by atoms with Crippen molar-refractivity contribution in [3.8, 4) is 34.2 Å². The van der Waals surface area contributed by atoms with Crippen LogP contribution in [-0.4, -0.2) is 25.0 Å². The summed E-state index contributed by atoms with van der Waals surface area (Å²) in [6.45, 7) is 3.75. The van der Waals surface area contributed by atoms with Crippen LogP contribution in [0.1, 0.15) is 16.7 Å². The SMILES string of the molecule is Cc1ccc(O)c(C)c1-c1cnc2[nH]c(-c3cnc(=O)[nH]c3)cc2c1C#N. The second-order valence-corrected chi connectivity index (χ2v) is 6.31. The zero-order valence-electron chi connectivity index (χ0n) is 14.7. The molecule has 3 N–H and O–H groups in total. The molecular formula is C20H15N5O2. The molecule has 27 heavy (non-hydrogen) atoms. The van der Waals surface area contributed by atoms with Gasteiger partial charge in [0.15, 0.2) is 0 Å². The molecule has 0 aliphatic carbocycles. The molecule has 0 spiro atoms. The van der Waals surface area contributed by atoms with Gasteiger partial charge in [-0.15, -0.1) is 0 Å². The number of nitrogens with zero attached hydrogens (tertiary/aromatic N) is 3. The number of benzene rings is 1. The number of nitrogens with one attached hydrogen (secondary N) is 2. The quantitative estimate of drug-likeness (QED) is 0.509. The minimum absolute atomic E-state index is 0.175. The molecule has 0 amide bonds. The van der Waals surface area contributed by atoms with Crippen LogP contribution in [0.2, 0.25) is 0 Å². The lowest BCUT2D eigenvalue weighted by Gasteiger charge is -2.13. The highest BCUT2D eigenvalue weighted by Crippen LogP contribution is 2.37. The summed E-state index contributed by atoms with van der Waals surface area (Å²) in [5, 5.41) is 20.6. The normalized spacial score (nSPS) is 10.9. The van der Waals surface area contributed by atoms with Crippen LogP contribution >= 0.6 is 0 Å². The average molecular weight is 357 g/mol. The van der Waals surface area contributed by atoms with E-state index < -0.39 is 5.69 Å². The van der Waals surface area contributed by atoms with Gasteiger partial charge in [0.1, 0.15) is 17.5 Å². The maximum absolute atomic E-state index is 11.2. The molecule has 0 radical (unpaired) electrons. The molecule has 0 unspecified atom stereocenters. The van der Waals surface area contributed by atoms with Crippen molar-refractivity contribution in [1.29, 1.82) is 5.26 Å². The van der Waals surface area contributed by atoms with Gasteiger partial charge >= 0.3 is 5.69 Å². The van der Waals surface area contributed by atoms with Crippen molar-refractivity contribution in [2.24, 2.45) is 0 Å². The number of hydrogen-bond acceptors (Lipinski definition) is 5. The summed E-state index contributed by atoms with van der Waals surface area (Å²) in [7, 11) is 0. The van der Waals surface area contributed by atoms with E-state index in [1.54, 1.807) is 18.5 Å². The highest BCUT2D eigenvalue weighted by Gasteiger charge is 2.18. The molecule has 4 aromatic rings. The Morgan fingerprint density at radius 1 is 1.19 bits per heavy atom. The fraction of sp³-hybridized carbons (Fsp3) is 0.100. The highest BCUT2D eigenvalue weighted by atomic mass is 16.3. The van der Waals surface area contributed by atoms with Crippen LogP contribution in [0.3, 0.4) is 0 Å². The predicted molar refractivity (Wildman–Crippen MR) is 101 cm³/mol.